The molecular weight excluding hydrogens is 346 g/mol. The number of amides is 1. The molecular formula is C21H23NO5. The SMILES string of the molecule is CC(C)(C)OC(=O)c1ccc(-c2ccc(C[C@H](NC=O)C(=O)O)cc2)cc1. The highest BCUT2D eigenvalue weighted by molar-refractivity contribution is 5.90. The van der Waals surface area contributed by atoms with Gasteiger partial charge in [0.1, 0.15) is 11.6 Å². The second-order valence-corrected chi connectivity index (χ2v) is 7.16. The minimum atomic E-state index is -1.08. The summed E-state index contributed by atoms with van der Waals surface area (Å²) in [5.74, 6) is -1.45. The number of ether oxygens (including phenoxy) is 1. The highest BCUT2D eigenvalue weighted by Crippen LogP contribution is 2.22. The molecule has 2 aromatic carbocycles. The number of carbonyl (C=O) groups is 3. The Morgan fingerprint density at radius 3 is 2.00 bits per heavy atom. The van der Waals surface area contributed by atoms with Gasteiger partial charge in [0.25, 0.3) is 0 Å². The standard InChI is InChI=1S/C21H23NO5/c1-21(2,3)27-20(26)17-10-8-16(9-11-17)15-6-4-14(5-7-15)12-18(19(24)25)22-13-23/h4-11,13,18H,12H2,1-3H3,(H,22,23)(H,24,25)/t18-/m0/s1. The molecule has 0 saturated carbocycles. The summed E-state index contributed by atoms with van der Waals surface area (Å²) in [5.41, 5.74) is 2.60. The van der Waals surface area contributed by atoms with E-state index in [1.165, 1.54) is 0 Å². The first-order valence-corrected chi connectivity index (χ1v) is 8.55. The number of rotatable bonds is 7. The van der Waals surface area contributed by atoms with Crippen molar-refractivity contribution >= 4 is 18.3 Å². The van der Waals surface area contributed by atoms with E-state index >= 15 is 0 Å². The molecule has 0 bridgehead atoms. The molecule has 0 unspecified atom stereocenters. The van der Waals surface area contributed by atoms with Gasteiger partial charge < -0.3 is 15.2 Å². The summed E-state index contributed by atoms with van der Waals surface area (Å²) in [6.45, 7) is 5.46. The van der Waals surface area contributed by atoms with Crippen LogP contribution in [0.1, 0.15) is 36.7 Å². The van der Waals surface area contributed by atoms with Crippen LogP contribution in [-0.2, 0) is 20.7 Å². The van der Waals surface area contributed by atoms with E-state index in [0.717, 1.165) is 16.7 Å². The monoisotopic (exact) mass is 369 g/mol. The molecule has 6 heteroatoms. The van der Waals surface area contributed by atoms with E-state index in [2.05, 4.69) is 5.32 Å². The van der Waals surface area contributed by atoms with Crippen molar-refractivity contribution < 1.29 is 24.2 Å². The average Bonchev–Trinajstić information content (AvgIpc) is 2.60. The molecule has 6 nitrogen and oxygen atoms in total. The van der Waals surface area contributed by atoms with Gasteiger partial charge in [-0.1, -0.05) is 36.4 Å². The van der Waals surface area contributed by atoms with E-state index in [9.17, 15) is 14.4 Å². The van der Waals surface area contributed by atoms with Crippen molar-refractivity contribution in [2.45, 2.75) is 38.8 Å². The van der Waals surface area contributed by atoms with Crippen molar-refractivity contribution in [2.75, 3.05) is 0 Å². The van der Waals surface area contributed by atoms with Crippen LogP contribution in [0.2, 0.25) is 0 Å². The lowest BCUT2D eigenvalue weighted by atomic mass is 10.00. The number of hydrogen-bond donors (Lipinski definition) is 2. The molecule has 1 atom stereocenters. The van der Waals surface area contributed by atoms with Gasteiger partial charge in [-0.25, -0.2) is 9.59 Å². The molecule has 27 heavy (non-hydrogen) atoms. The average molecular weight is 369 g/mol. The minimum Gasteiger partial charge on any atom is -0.480 e. The van der Waals surface area contributed by atoms with Crippen LogP contribution in [0.15, 0.2) is 48.5 Å². The third-order valence-electron chi connectivity index (χ3n) is 3.81. The van der Waals surface area contributed by atoms with E-state index in [1.807, 2.05) is 57.2 Å². The fraction of sp³-hybridized carbons (Fsp3) is 0.286. The molecule has 0 spiro atoms. The Labute approximate surface area is 158 Å². The molecule has 0 aliphatic rings. The van der Waals surface area contributed by atoms with E-state index in [1.54, 1.807) is 12.1 Å². The van der Waals surface area contributed by atoms with Gasteiger partial charge in [-0.15, -0.1) is 0 Å². The number of benzene rings is 2. The molecule has 142 valence electrons. The molecule has 2 aromatic rings. The van der Waals surface area contributed by atoms with Crippen molar-refractivity contribution in [3.8, 4) is 11.1 Å². The number of esters is 1. The Kier molecular flexibility index (Phi) is 6.34. The molecule has 0 fully saturated rings. The number of carbonyl (C=O) groups excluding carboxylic acids is 2. The van der Waals surface area contributed by atoms with Crippen LogP contribution in [0, 0.1) is 0 Å². The van der Waals surface area contributed by atoms with Gasteiger partial charge in [-0.05, 0) is 49.6 Å². The molecule has 2 N–H and O–H groups in total. The van der Waals surface area contributed by atoms with Gasteiger partial charge in [0.15, 0.2) is 0 Å². The number of carboxylic acid groups (broad SMARTS) is 1. The fourth-order valence-corrected chi connectivity index (χ4v) is 2.50. The fourth-order valence-electron chi connectivity index (χ4n) is 2.50. The van der Waals surface area contributed by atoms with Crippen LogP contribution in [0.25, 0.3) is 11.1 Å². The van der Waals surface area contributed by atoms with Gasteiger partial charge in [-0.2, -0.15) is 0 Å². The topological polar surface area (TPSA) is 92.7 Å². The first-order valence-electron chi connectivity index (χ1n) is 8.55. The number of hydrogen-bond acceptors (Lipinski definition) is 4. The lowest BCUT2D eigenvalue weighted by Gasteiger charge is -2.19. The summed E-state index contributed by atoms with van der Waals surface area (Å²) in [6.07, 6.45) is 0.589. The molecule has 0 aromatic heterocycles. The smallest absolute Gasteiger partial charge is 0.338 e. The largest absolute Gasteiger partial charge is 0.480 e. The maximum Gasteiger partial charge on any atom is 0.338 e. The predicted octanol–water partition coefficient (Wildman–Crippen LogP) is 3.05. The third-order valence-corrected chi connectivity index (χ3v) is 3.81. The number of aliphatic carboxylic acids is 1. The molecule has 0 aliphatic carbocycles. The van der Waals surface area contributed by atoms with Crippen molar-refractivity contribution in [2.24, 2.45) is 0 Å². The van der Waals surface area contributed by atoms with Gasteiger partial charge in [-0.3, -0.25) is 4.79 Å². The third kappa shape index (κ3) is 5.95. The molecule has 0 heterocycles. The zero-order chi connectivity index (χ0) is 20.0. The lowest BCUT2D eigenvalue weighted by Crippen LogP contribution is -2.37. The lowest BCUT2D eigenvalue weighted by molar-refractivity contribution is -0.140. The molecule has 1 amide bonds. The summed E-state index contributed by atoms with van der Waals surface area (Å²) in [7, 11) is 0. The van der Waals surface area contributed by atoms with E-state index < -0.39 is 17.6 Å². The summed E-state index contributed by atoms with van der Waals surface area (Å²) in [6, 6.07) is 13.5. The molecule has 0 radical (unpaired) electrons. The van der Waals surface area contributed by atoms with Gasteiger partial charge in [0.05, 0.1) is 5.56 Å². The van der Waals surface area contributed by atoms with Gasteiger partial charge >= 0.3 is 11.9 Å². The Balaban J connectivity index is 2.09. The first kappa shape index (κ1) is 20.2. The number of nitrogens with one attached hydrogen (secondary N) is 1. The van der Waals surface area contributed by atoms with Crippen LogP contribution >= 0.6 is 0 Å². The zero-order valence-electron chi connectivity index (χ0n) is 15.6. The predicted molar refractivity (Wildman–Crippen MR) is 101 cm³/mol. The Hall–Kier alpha value is -3.15. The summed E-state index contributed by atoms with van der Waals surface area (Å²) in [4.78, 5) is 33.7. The second kappa shape index (κ2) is 8.49. The minimum absolute atomic E-state index is 0.200. The van der Waals surface area contributed by atoms with Crippen LogP contribution in [-0.4, -0.2) is 35.1 Å². The van der Waals surface area contributed by atoms with E-state index in [4.69, 9.17) is 9.84 Å². The Morgan fingerprint density at radius 1 is 1.04 bits per heavy atom. The highest BCUT2D eigenvalue weighted by Gasteiger charge is 2.18. The normalized spacial score (nSPS) is 12.1. The summed E-state index contributed by atoms with van der Waals surface area (Å²) < 4.78 is 5.34. The maximum absolute atomic E-state index is 12.1. The Bertz CT molecular complexity index is 804. The molecule has 0 aliphatic heterocycles. The molecule has 0 saturated heterocycles. The van der Waals surface area contributed by atoms with E-state index in [-0.39, 0.29) is 12.4 Å². The van der Waals surface area contributed by atoms with Crippen molar-refractivity contribution in [3.05, 3.63) is 59.7 Å². The van der Waals surface area contributed by atoms with Crippen LogP contribution < -0.4 is 5.32 Å². The Morgan fingerprint density at radius 2 is 1.56 bits per heavy atom. The van der Waals surface area contributed by atoms with Crippen LogP contribution in [0.5, 0.6) is 0 Å². The highest BCUT2D eigenvalue weighted by atomic mass is 16.6. The molecule has 2 rings (SSSR count). The summed E-state index contributed by atoms with van der Waals surface area (Å²) in [5, 5.41) is 11.4. The second-order valence-electron chi connectivity index (χ2n) is 7.16. The first-order chi connectivity index (χ1) is 12.7. The van der Waals surface area contributed by atoms with Crippen molar-refractivity contribution in [3.63, 3.8) is 0 Å². The van der Waals surface area contributed by atoms with Gasteiger partial charge in [0, 0.05) is 6.42 Å². The number of carboxylic acids is 1. The zero-order valence-corrected chi connectivity index (χ0v) is 15.6. The van der Waals surface area contributed by atoms with E-state index in [0.29, 0.717) is 12.0 Å². The maximum atomic E-state index is 12.1. The van der Waals surface area contributed by atoms with Crippen LogP contribution in [0.4, 0.5) is 0 Å². The summed E-state index contributed by atoms with van der Waals surface area (Å²) >= 11 is 0. The van der Waals surface area contributed by atoms with Crippen molar-refractivity contribution in [1.29, 1.82) is 0 Å². The quantitative estimate of drug-likeness (QED) is 0.578. The van der Waals surface area contributed by atoms with Gasteiger partial charge in [0.2, 0.25) is 6.41 Å². The van der Waals surface area contributed by atoms with Crippen LogP contribution in [0.3, 0.4) is 0 Å². The van der Waals surface area contributed by atoms with Crippen molar-refractivity contribution in [1.82, 2.24) is 5.32 Å².